The Morgan fingerprint density at radius 1 is 1.10 bits per heavy atom. The third-order valence-corrected chi connectivity index (χ3v) is 4.85. The fourth-order valence-electron chi connectivity index (χ4n) is 3.27. The molecule has 1 saturated carbocycles. The summed E-state index contributed by atoms with van der Waals surface area (Å²) in [6.45, 7) is 0. The van der Waals surface area contributed by atoms with E-state index in [0.29, 0.717) is 0 Å². The van der Waals surface area contributed by atoms with E-state index in [1.54, 1.807) is 0 Å². The van der Waals surface area contributed by atoms with Gasteiger partial charge < -0.3 is 9.97 Å². The van der Waals surface area contributed by atoms with Crippen LogP contribution in [0.1, 0.15) is 55.9 Å². The molecule has 1 aromatic heterocycles. The van der Waals surface area contributed by atoms with Crippen LogP contribution < -0.4 is 5.69 Å². The molecule has 1 atom stereocenters. The molecule has 20 heavy (non-hydrogen) atoms. The van der Waals surface area contributed by atoms with Crippen molar-refractivity contribution in [2.75, 3.05) is 0 Å². The van der Waals surface area contributed by atoms with Gasteiger partial charge in [-0.25, -0.2) is 4.79 Å². The van der Waals surface area contributed by atoms with Gasteiger partial charge >= 0.3 is 5.69 Å². The standard InChI is InChI=1S/C16H21ClN2O/c17-13(9-11-5-3-1-2-4-6-11)12-7-8-14-15(10-12)19-16(20)18-14/h7-8,10-11,13H,1-6,9H2,(H2,18,19,20). The van der Waals surface area contributed by atoms with E-state index >= 15 is 0 Å². The Balaban J connectivity index is 1.73. The highest BCUT2D eigenvalue weighted by Crippen LogP contribution is 2.35. The number of aromatic amines is 2. The molecule has 0 radical (unpaired) electrons. The first-order valence-corrected chi connectivity index (χ1v) is 8.02. The third kappa shape index (κ3) is 3.09. The van der Waals surface area contributed by atoms with Gasteiger partial charge in [-0.3, -0.25) is 0 Å². The van der Waals surface area contributed by atoms with E-state index in [1.165, 1.54) is 38.5 Å². The summed E-state index contributed by atoms with van der Waals surface area (Å²) in [6, 6.07) is 5.97. The molecule has 3 nitrogen and oxygen atoms in total. The lowest BCUT2D eigenvalue weighted by atomic mass is 9.92. The third-order valence-electron chi connectivity index (χ3n) is 4.42. The number of nitrogens with one attached hydrogen (secondary N) is 2. The molecule has 1 heterocycles. The van der Waals surface area contributed by atoms with E-state index in [0.717, 1.165) is 28.9 Å². The summed E-state index contributed by atoms with van der Waals surface area (Å²) >= 11 is 6.60. The van der Waals surface area contributed by atoms with Crippen molar-refractivity contribution in [1.29, 1.82) is 0 Å². The number of hydrogen-bond acceptors (Lipinski definition) is 1. The number of imidazole rings is 1. The van der Waals surface area contributed by atoms with Crippen LogP contribution in [0.4, 0.5) is 0 Å². The van der Waals surface area contributed by atoms with Crippen LogP contribution in [0.5, 0.6) is 0 Å². The lowest BCUT2D eigenvalue weighted by molar-refractivity contribution is 0.423. The van der Waals surface area contributed by atoms with Gasteiger partial charge in [-0.1, -0.05) is 44.6 Å². The van der Waals surface area contributed by atoms with E-state index in [2.05, 4.69) is 9.97 Å². The number of alkyl halides is 1. The molecule has 3 rings (SSSR count). The van der Waals surface area contributed by atoms with Gasteiger partial charge in [0.1, 0.15) is 0 Å². The van der Waals surface area contributed by atoms with Gasteiger partial charge in [0.2, 0.25) is 0 Å². The van der Waals surface area contributed by atoms with E-state index in [-0.39, 0.29) is 11.1 Å². The maximum atomic E-state index is 11.3. The summed E-state index contributed by atoms with van der Waals surface area (Å²) in [5, 5.41) is 0.0425. The van der Waals surface area contributed by atoms with Crippen molar-refractivity contribution in [1.82, 2.24) is 9.97 Å². The highest BCUT2D eigenvalue weighted by Gasteiger charge is 2.18. The summed E-state index contributed by atoms with van der Waals surface area (Å²) < 4.78 is 0. The minimum absolute atomic E-state index is 0.0425. The minimum Gasteiger partial charge on any atom is -0.306 e. The molecular weight excluding hydrogens is 272 g/mol. The van der Waals surface area contributed by atoms with Gasteiger partial charge in [0.05, 0.1) is 16.4 Å². The molecule has 0 amide bonds. The Labute approximate surface area is 123 Å². The Bertz CT molecular complexity index is 623. The minimum atomic E-state index is -0.160. The molecule has 0 aliphatic heterocycles. The van der Waals surface area contributed by atoms with Crippen LogP contribution in [0.25, 0.3) is 11.0 Å². The van der Waals surface area contributed by atoms with Crippen LogP contribution in [0.3, 0.4) is 0 Å². The zero-order chi connectivity index (χ0) is 13.9. The fourth-order valence-corrected chi connectivity index (χ4v) is 3.66. The van der Waals surface area contributed by atoms with Gasteiger partial charge in [0.25, 0.3) is 0 Å². The first-order chi connectivity index (χ1) is 9.72. The van der Waals surface area contributed by atoms with E-state index in [9.17, 15) is 4.79 Å². The number of benzene rings is 1. The highest BCUT2D eigenvalue weighted by atomic mass is 35.5. The molecule has 2 aromatic rings. The largest absolute Gasteiger partial charge is 0.323 e. The summed E-state index contributed by atoms with van der Waals surface area (Å²) in [6.07, 6.45) is 9.11. The number of hydrogen-bond donors (Lipinski definition) is 2. The van der Waals surface area contributed by atoms with E-state index in [4.69, 9.17) is 11.6 Å². The molecule has 1 fully saturated rings. The zero-order valence-electron chi connectivity index (χ0n) is 11.6. The SMILES string of the molecule is O=c1[nH]c2ccc(C(Cl)CC3CCCCCC3)cc2[nH]1. The first kappa shape index (κ1) is 13.7. The maximum Gasteiger partial charge on any atom is 0.323 e. The zero-order valence-corrected chi connectivity index (χ0v) is 12.4. The molecular formula is C16H21ClN2O. The highest BCUT2D eigenvalue weighted by molar-refractivity contribution is 6.20. The van der Waals surface area contributed by atoms with Crippen LogP contribution in [0.15, 0.2) is 23.0 Å². The number of halogens is 1. The number of fused-ring (bicyclic) bond motifs is 1. The Morgan fingerprint density at radius 2 is 1.80 bits per heavy atom. The predicted molar refractivity (Wildman–Crippen MR) is 83.3 cm³/mol. The van der Waals surface area contributed by atoms with Crippen molar-refractivity contribution in [3.05, 3.63) is 34.2 Å². The van der Waals surface area contributed by atoms with Crippen molar-refractivity contribution < 1.29 is 0 Å². The van der Waals surface area contributed by atoms with Crippen LogP contribution in [-0.2, 0) is 0 Å². The lowest BCUT2D eigenvalue weighted by Crippen LogP contribution is -2.03. The van der Waals surface area contributed by atoms with Crippen molar-refractivity contribution in [3.8, 4) is 0 Å². The average Bonchev–Trinajstić information content (AvgIpc) is 2.62. The molecule has 2 N–H and O–H groups in total. The number of aromatic nitrogens is 2. The Hall–Kier alpha value is -1.22. The molecule has 1 aliphatic rings. The smallest absolute Gasteiger partial charge is 0.306 e. The molecule has 1 aliphatic carbocycles. The second-order valence-electron chi connectivity index (χ2n) is 5.94. The molecule has 0 spiro atoms. The molecule has 0 saturated heterocycles. The average molecular weight is 293 g/mol. The summed E-state index contributed by atoms with van der Waals surface area (Å²) in [4.78, 5) is 16.8. The second-order valence-corrected chi connectivity index (χ2v) is 6.47. The molecule has 1 unspecified atom stereocenters. The first-order valence-electron chi connectivity index (χ1n) is 7.58. The predicted octanol–water partition coefficient (Wildman–Crippen LogP) is 4.50. The summed E-state index contributed by atoms with van der Waals surface area (Å²) in [7, 11) is 0. The lowest BCUT2D eigenvalue weighted by Gasteiger charge is -2.18. The molecule has 0 bridgehead atoms. The number of rotatable bonds is 3. The van der Waals surface area contributed by atoms with Crippen LogP contribution in [-0.4, -0.2) is 9.97 Å². The van der Waals surface area contributed by atoms with Gasteiger partial charge in [0.15, 0.2) is 0 Å². The van der Waals surface area contributed by atoms with Crippen LogP contribution in [0.2, 0.25) is 0 Å². The molecule has 108 valence electrons. The van der Waals surface area contributed by atoms with Crippen LogP contribution in [0, 0.1) is 5.92 Å². The summed E-state index contributed by atoms with van der Waals surface area (Å²) in [5.41, 5.74) is 2.64. The quantitative estimate of drug-likeness (QED) is 0.635. The maximum absolute atomic E-state index is 11.3. The van der Waals surface area contributed by atoms with Gasteiger partial charge in [-0.15, -0.1) is 11.6 Å². The van der Waals surface area contributed by atoms with Crippen molar-refractivity contribution in [2.45, 2.75) is 50.3 Å². The second kappa shape index (κ2) is 6.04. The van der Waals surface area contributed by atoms with Crippen molar-refractivity contribution in [2.24, 2.45) is 5.92 Å². The van der Waals surface area contributed by atoms with Crippen molar-refractivity contribution in [3.63, 3.8) is 0 Å². The summed E-state index contributed by atoms with van der Waals surface area (Å²) in [5.74, 6) is 0.751. The Kier molecular flexibility index (Phi) is 4.16. The van der Waals surface area contributed by atoms with Gasteiger partial charge in [-0.05, 0) is 30.0 Å². The fraction of sp³-hybridized carbons (Fsp3) is 0.562. The monoisotopic (exact) mass is 292 g/mol. The van der Waals surface area contributed by atoms with Gasteiger partial charge in [-0.2, -0.15) is 0 Å². The molecule has 4 heteroatoms. The Morgan fingerprint density at radius 3 is 2.55 bits per heavy atom. The van der Waals surface area contributed by atoms with Crippen molar-refractivity contribution >= 4 is 22.6 Å². The molecule has 1 aromatic carbocycles. The normalized spacial score (nSPS) is 19.1. The van der Waals surface area contributed by atoms with Crippen LogP contribution >= 0.6 is 11.6 Å². The number of H-pyrrole nitrogens is 2. The van der Waals surface area contributed by atoms with Gasteiger partial charge in [0, 0.05) is 0 Å². The topological polar surface area (TPSA) is 48.6 Å². The van der Waals surface area contributed by atoms with E-state index in [1.807, 2.05) is 18.2 Å². The van der Waals surface area contributed by atoms with E-state index < -0.39 is 0 Å².